The van der Waals surface area contributed by atoms with Gasteiger partial charge in [-0.25, -0.2) is 0 Å². The van der Waals surface area contributed by atoms with E-state index in [0.717, 1.165) is 11.3 Å². The minimum atomic E-state index is -0.649. The summed E-state index contributed by atoms with van der Waals surface area (Å²) in [5.74, 6) is -1.01. The second kappa shape index (κ2) is 5.35. The number of amides is 2. The summed E-state index contributed by atoms with van der Waals surface area (Å²) in [5.41, 5.74) is 11.3. The molecule has 0 saturated heterocycles. The van der Waals surface area contributed by atoms with Crippen molar-refractivity contribution in [2.45, 2.75) is 0 Å². The second-order valence-electron chi connectivity index (χ2n) is 3.16. The van der Waals surface area contributed by atoms with Crippen LogP contribution in [0.2, 0.25) is 0 Å². The van der Waals surface area contributed by atoms with Crippen LogP contribution in [-0.4, -0.2) is 25.4 Å². The van der Waals surface area contributed by atoms with Gasteiger partial charge in [0.25, 0.3) is 11.8 Å². The van der Waals surface area contributed by atoms with Gasteiger partial charge in [0.05, 0.1) is 11.3 Å². The van der Waals surface area contributed by atoms with E-state index < -0.39 is 5.91 Å². The Labute approximate surface area is 103 Å². The number of nitrogens with two attached hydrogens (primary N) is 2. The molecule has 0 atom stereocenters. The molecule has 1 rings (SSSR count). The van der Waals surface area contributed by atoms with Gasteiger partial charge in [0.1, 0.15) is 9.88 Å². The van der Waals surface area contributed by atoms with Gasteiger partial charge < -0.3 is 22.1 Å². The molecule has 2 amide bonds. The standard InChI is InChI=1S/C10H14N4O2S/c1-3-4-14-10-5(9(16)13-2)6(11)7(17-10)8(12)15/h3,14H,1,4,11H2,2H3,(H2,12,15)(H,13,16). The molecule has 0 aromatic carbocycles. The molecule has 92 valence electrons. The molecule has 0 radical (unpaired) electrons. The Kier molecular flexibility index (Phi) is 4.11. The molecule has 0 aliphatic heterocycles. The van der Waals surface area contributed by atoms with Gasteiger partial charge >= 0.3 is 0 Å². The Balaban J connectivity index is 3.26. The van der Waals surface area contributed by atoms with Crippen LogP contribution in [0.15, 0.2) is 12.7 Å². The predicted molar refractivity (Wildman–Crippen MR) is 69.3 cm³/mol. The number of primary amides is 1. The van der Waals surface area contributed by atoms with Crippen molar-refractivity contribution in [1.29, 1.82) is 0 Å². The molecule has 0 spiro atoms. The summed E-state index contributed by atoms with van der Waals surface area (Å²) in [6, 6.07) is 0. The van der Waals surface area contributed by atoms with Crippen molar-refractivity contribution in [2.24, 2.45) is 5.73 Å². The van der Waals surface area contributed by atoms with E-state index in [0.29, 0.717) is 11.5 Å². The molecule has 0 aliphatic carbocycles. The van der Waals surface area contributed by atoms with Crippen molar-refractivity contribution in [3.63, 3.8) is 0 Å². The molecule has 1 aromatic rings. The summed E-state index contributed by atoms with van der Waals surface area (Å²) in [5, 5.41) is 5.92. The quantitative estimate of drug-likeness (QED) is 0.569. The van der Waals surface area contributed by atoms with Crippen LogP contribution in [0.4, 0.5) is 10.7 Å². The highest BCUT2D eigenvalue weighted by Crippen LogP contribution is 2.35. The van der Waals surface area contributed by atoms with Crippen LogP contribution >= 0.6 is 11.3 Å². The van der Waals surface area contributed by atoms with Crippen LogP contribution in [0, 0.1) is 0 Å². The summed E-state index contributed by atoms with van der Waals surface area (Å²) >= 11 is 1.06. The van der Waals surface area contributed by atoms with Crippen molar-refractivity contribution in [1.82, 2.24) is 5.32 Å². The summed E-state index contributed by atoms with van der Waals surface area (Å²) in [6.07, 6.45) is 1.63. The number of hydrogen-bond acceptors (Lipinski definition) is 5. The smallest absolute Gasteiger partial charge is 0.260 e. The molecular weight excluding hydrogens is 240 g/mol. The number of thiophene rings is 1. The lowest BCUT2D eigenvalue weighted by molar-refractivity contribution is 0.0965. The average Bonchev–Trinajstić information content (AvgIpc) is 2.62. The lowest BCUT2D eigenvalue weighted by Gasteiger charge is -2.04. The topological polar surface area (TPSA) is 110 Å². The average molecular weight is 254 g/mol. The zero-order valence-corrected chi connectivity index (χ0v) is 10.2. The van der Waals surface area contributed by atoms with Crippen molar-refractivity contribution >= 4 is 33.8 Å². The van der Waals surface area contributed by atoms with Crippen LogP contribution < -0.4 is 22.1 Å². The van der Waals surface area contributed by atoms with Gasteiger partial charge in [-0.05, 0) is 0 Å². The van der Waals surface area contributed by atoms with E-state index in [9.17, 15) is 9.59 Å². The van der Waals surface area contributed by atoms with Crippen LogP contribution in [0.25, 0.3) is 0 Å². The zero-order valence-electron chi connectivity index (χ0n) is 9.37. The normalized spacial score (nSPS) is 9.71. The van der Waals surface area contributed by atoms with Crippen molar-refractivity contribution < 1.29 is 9.59 Å². The van der Waals surface area contributed by atoms with Gasteiger partial charge in [-0.1, -0.05) is 6.08 Å². The van der Waals surface area contributed by atoms with E-state index in [-0.39, 0.29) is 22.0 Å². The van der Waals surface area contributed by atoms with Gasteiger partial charge in [-0.15, -0.1) is 17.9 Å². The number of rotatable bonds is 5. The summed E-state index contributed by atoms with van der Waals surface area (Å²) in [7, 11) is 1.49. The fourth-order valence-corrected chi connectivity index (χ4v) is 2.24. The minimum Gasteiger partial charge on any atom is -0.397 e. The van der Waals surface area contributed by atoms with E-state index in [1.807, 2.05) is 0 Å². The van der Waals surface area contributed by atoms with Crippen LogP contribution in [-0.2, 0) is 0 Å². The Morgan fingerprint density at radius 3 is 2.65 bits per heavy atom. The first kappa shape index (κ1) is 13.0. The third-order valence-electron chi connectivity index (χ3n) is 2.03. The summed E-state index contributed by atoms with van der Waals surface area (Å²) in [4.78, 5) is 23.0. The molecule has 0 saturated carbocycles. The molecule has 0 fully saturated rings. The molecule has 1 heterocycles. The monoisotopic (exact) mass is 254 g/mol. The second-order valence-corrected chi connectivity index (χ2v) is 4.18. The number of nitrogens with one attached hydrogen (secondary N) is 2. The molecular formula is C10H14N4O2S. The summed E-state index contributed by atoms with van der Waals surface area (Å²) in [6.45, 7) is 4.01. The first-order valence-electron chi connectivity index (χ1n) is 4.81. The van der Waals surface area contributed by atoms with E-state index in [4.69, 9.17) is 11.5 Å². The maximum Gasteiger partial charge on any atom is 0.260 e. The highest BCUT2D eigenvalue weighted by molar-refractivity contribution is 7.19. The van der Waals surface area contributed by atoms with Crippen LogP contribution in [0.5, 0.6) is 0 Å². The van der Waals surface area contributed by atoms with Crippen molar-refractivity contribution in [3.8, 4) is 0 Å². The number of carbonyl (C=O) groups is 2. The number of carbonyl (C=O) groups excluding carboxylic acids is 2. The third kappa shape index (κ3) is 2.56. The van der Waals surface area contributed by atoms with E-state index >= 15 is 0 Å². The van der Waals surface area contributed by atoms with E-state index in [2.05, 4.69) is 17.2 Å². The fourth-order valence-electron chi connectivity index (χ4n) is 1.27. The van der Waals surface area contributed by atoms with Crippen LogP contribution in [0.1, 0.15) is 20.0 Å². The molecule has 0 unspecified atom stereocenters. The fraction of sp³-hybridized carbons (Fsp3) is 0.200. The van der Waals surface area contributed by atoms with Gasteiger partial charge in [0.15, 0.2) is 0 Å². The number of nitrogen functional groups attached to an aromatic ring is 1. The van der Waals surface area contributed by atoms with Gasteiger partial charge in [0, 0.05) is 13.6 Å². The van der Waals surface area contributed by atoms with E-state index in [1.54, 1.807) is 6.08 Å². The Morgan fingerprint density at radius 2 is 2.18 bits per heavy atom. The molecule has 1 aromatic heterocycles. The lowest BCUT2D eigenvalue weighted by Crippen LogP contribution is -2.20. The predicted octanol–water partition coefficient (Wildman–Crippen LogP) is 0.387. The highest BCUT2D eigenvalue weighted by atomic mass is 32.1. The molecule has 7 heteroatoms. The molecule has 6 nitrogen and oxygen atoms in total. The largest absolute Gasteiger partial charge is 0.397 e. The first-order valence-corrected chi connectivity index (χ1v) is 5.63. The number of hydrogen-bond donors (Lipinski definition) is 4. The molecule has 0 bridgehead atoms. The molecule has 0 aliphatic rings. The minimum absolute atomic E-state index is 0.105. The Morgan fingerprint density at radius 1 is 1.53 bits per heavy atom. The van der Waals surface area contributed by atoms with Gasteiger partial charge in [0.2, 0.25) is 0 Å². The maximum absolute atomic E-state index is 11.7. The van der Waals surface area contributed by atoms with Gasteiger partial charge in [-0.2, -0.15) is 0 Å². The van der Waals surface area contributed by atoms with Crippen molar-refractivity contribution in [2.75, 3.05) is 24.6 Å². The Bertz CT molecular complexity index is 467. The lowest BCUT2D eigenvalue weighted by atomic mass is 10.2. The van der Waals surface area contributed by atoms with Crippen molar-refractivity contribution in [3.05, 3.63) is 23.1 Å². The maximum atomic E-state index is 11.7. The summed E-state index contributed by atoms with van der Waals surface area (Å²) < 4.78 is 0. The van der Waals surface area contributed by atoms with Crippen LogP contribution in [0.3, 0.4) is 0 Å². The van der Waals surface area contributed by atoms with Gasteiger partial charge in [-0.3, -0.25) is 9.59 Å². The first-order chi connectivity index (χ1) is 8.02. The molecule has 17 heavy (non-hydrogen) atoms. The Hall–Kier alpha value is -2.02. The SMILES string of the molecule is C=CCNc1sc(C(N)=O)c(N)c1C(=O)NC. The van der Waals surface area contributed by atoms with E-state index in [1.165, 1.54) is 7.05 Å². The highest BCUT2D eigenvalue weighted by Gasteiger charge is 2.23. The third-order valence-corrected chi connectivity index (χ3v) is 3.21. The zero-order chi connectivity index (χ0) is 13.0. The number of anilines is 2. The molecule has 6 N–H and O–H groups in total.